The van der Waals surface area contributed by atoms with Gasteiger partial charge >= 0.3 is 5.69 Å². The Kier molecular flexibility index (Phi) is 5.51. The van der Waals surface area contributed by atoms with E-state index in [-0.39, 0.29) is 17.2 Å². The number of nitrogens with zero attached hydrogens (tertiary/aromatic N) is 3. The number of fused-ring (bicyclic) bond motifs is 1. The van der Waals surface area contributed by atoms with Crippen LogP contribution in [0.5, 0.6) is 0 Å². The van der Waals surface area contributed by atoms with Crippen molar-refractivity contribution in [1.29, 1.82) is 0 Å². The first-order valence-electron chi connectivity index (χ1n) is 11.6. The van der Waals surface area contributed by atoms with Crippen molar-refractivity contribution in [2.45, 2.75) is 39.2 Å². The molecule has 32 heavy (non-hydrogen) atoms. The number of morpholine rings is 1. The number of benzene rings is 1. The number of imidazole rings is 1. The molecule has 0 spiro atoms. The van der Waals surface area contributed by atoms with Crippen LogP contribution in [-0.2, 0) is 11.3 Å². The summed E-state index contributed by atoms with van der Waals surface area (Å²) in [7, 11) is 0. The fourth-order valence-electron chi connectivity index (χ4n) is 5.21. The Hall–Kier alpha value is -3.06. The molecule has 3 aromatic rings. The fraction of sp³-hybridized carbons (Fsp3) is 0.440. The van der Waals surface area contributed by atoms with Gasteiger partial charge in [0.15, 0.2) is 0 Å². The number of allylic oxidation sites excluding steroid dienone is 2. The van der Waals surface area contributed by atoms with Crippen molar-refractivity contribution in [3.63, 3.8) is 0 Å². The summed E-state index contributed by atoms with van der Waals surface area (Å²) in [5, 5.41) is 0.987. The molecule has 5 rings (SSSR count). The highest BCUT2D eigenvalue weighted by atomic mass is 16.5. The van der Waals surface area contributed by atoms with Crippen LogP contribution in [0.4, 0.5) is 5.69 Å². The van der Waals surface area contributed by atoms with Crippen LogP contribution in [0.1, 0.15) is 38.3 Å². The maximum Gasteiger partial charge on any atom is 0.330 e. The first kappa shape index (κ1) is 20.8. The molecule has 0 radical (unpaired) electrons. The number of H-pyrrole nitrogens is 1. The third-order valence-electron chi connectivity index (χ3n) is 6.90. The van der Waals surface area contributed by atoms with Crippen LogP contribution in [0.3, 0.4) is 0 Å². The summed E-state index contributed by atoms with van der Waals surface area (Å²) in [4.78, 5) is 30.9. The van der Waals surface area contributed by atoms with Gasteiger partial charge in [0.05, 0.1) is 30.1 Å². The Bertz CT molecular complexity index is 1280. The van der Waals surface area contributed by atoms with Gasteiger partial charge in [-0.1, -0.05) is 19.1 Å². The zero-order valence-electron chi connectivity index (χ0n) is 18.7. The van der Waals surface area contributed by atoms with Crippen LogP contribution >= 0.6 is 0 Å². The van der Waals surface area contributed by atoms with E-state index in [1.807, 2.05) is 29.8 Å². The molecule has 7 heteroatoms. The SMILES string of the molecule is CCn1c(=O)cc(N2CCOCC2)c2cc(-n3c(C4CCC=CC4C)c[nH]c3=O)ccc21. The van der Waals surface area contributed by atoms with Gasteiger partial charge in [-0.05, 0) is 43.9 Å². The lowest BCUT2D eigenvalue weighted by atomic mass is 9.83. The van der Waals surface area contributed by atoms with Crippen molar-refractivity contribution >= 4 is 16.6 Å². The molecule has 1 aliphatic heterocycles. The molecule has 168 valence electrons. The minimum atomic E-state index is -0.127. The average Bonchev–Trinajstić information content (AvgIpc) is 3.20. The van der Waals surface area contributed by atoms with Gasteiger partial charge in [0.2, 0.25) is 0 Å². The maximum absolute atomic E-state index is 12.9. The van der Waals surface area contributed by atoms with Gasteiger partial charge < -0.3 is 19.2 Å². The van der Waals surface area contributed by atoms with Crippen LogP contribution in [0, 0.1) is 5.92 Å². The predicted molar refractivity (Wildman–Crippen MR) is 127 cm³/mol. The van der Waals surface area contributed by atoms with E-state index in [2.05, 4.69) is 35.0 Å². The normalized spacial score (nSPS) is 21.4. The summed E-state index contributed by atoms with van der Waals surface area (Å²) in [6.45, 7) is 7.57. The second-order valence-corrected chi connectivity index (χ2v) is 8.74. The van der Waals surface area contributed by atoms with Gasteiger partial charge in [-0.15, -0.1) is 0 Å². The van der Waals surface area contributed by atoms with Gasteiger partial charge in [-0.25, -0.2) is 4.79 Å². The standard InChI is InChI=1S/C25H30N4O3/c1-3-28-21-9-8-18(14-20(21)22(15-24(28)30)27-10-12-32-13-11-27)29-23(16-26-25(29)31)19-7-5-4-6-17(19)2/h4,6,8-9,14-17,19H,3,5,7,10-13H2,1-2H3,(H,26,31). The molecule has 1 N–H and O–H groups in total. The molecule has 1 fully saturated rings. The second-order valence-electron chi connectivity index (χ2n) is 8.74. The monoisotopic (exact) mass is 434 g/mol. The number of hydrogen-bond acceptors (Lipinski definition) is 4. The fourth-order valence-corrected chi connectivity index (χ4v) is 5.21. The van der Waals surface area contributed by atoms with E-state index >= 15 is 0 Å². The van der Waals surface area contributed by atoms with E-state index in [0.717, 1.165) is 53.9 Å². The topological polar surface area (TPSA) is 72.3 Å². The van der Waals surface area contributed by atoms with Gasteiger partial charge in [-0.3, -0.25) is 9.36 Å². The molecule has 0 bridgehead atoms. The highest BCUT2D eigenvalue weighted by Gasteiger charge is 2.25. The second kappa shape index (κ2) is 8.47. The zero-order chi connectivity index (χ0) is 22.2. The molecular formula is C25H30N4O3. The van der Waals surface area contributed by atoms with Crippen molar-refractivity contribution in [3.8, 4) is 5.69 Å². The summed E-state index contributed by atoms with van der Waals surface area (Å²) in [5.74, 6) is 0.665. The Morgan fingerprint density at radius 1 is 1.16 bits per heavy atom. The molecule has 2 unspecified atom stereocenters. The summed E-state index contributed by atoms with van der Waals surface area (Å²) < 4.78 is 9.12. The van der Waals surface area contributed by atoms with E-state index in [4.69, 9.17) is 4.74 Å². The number of pyridine rings is 1. The zero-order valence-corrected chi connectivity index (χ0v) is 18.7. The number of anilines is 1. The number of ether oxygens (including phenoxy) is 1. The van der Waals surface area contributed by atoms with Crippen LogP contribution in [0.2, 0.25) is 0 Å². The number of rotatable bonds is 4. The lowest BCUT2D eigenvalue weighted by molar-refractivity contribution is 0.123. The van der Waals surface area contributed by atoms with Gasteiger partial charge in [0, 0.05) is 48.9 Å². The predicted octanol–water partition coefficient (Wildman–Crippen LogP) is 3.41. The lowest BCUT2D eigenvalue weighted by Crippen LogP contribution is -2.37. The van der Waals surface area contributed by atoms with Crippen LogP contribution in [-0.4, -0.2) is 40.4 Å². The minimum absolute atomic E-state index is 0.00319. The number of nitrogens with one attached hydrogen (secondary N) is 1. The Morgan fingerprint density at radius 3 is 2.72 bits per heavy atom. The van der Waals surface area contributed by atoms with Crippen molar-refractivity contribution in [2.24, 2.45) is 5.92 Å². The lowest BCUT2D eigenvalue weighted by Gasteiger charge is -2.30. The summed E-state index contributed by atoms with van der Waals surface area (Å²) >= 11 is 0. The number of aromatic amines is 1. The number of aromatic nitrogens is 3. The minimum Gasteiger partial charge on any atom is -0.378 e. The first-order chi connectivity index (χ1) is 15.6. The van der Waals surface area contributed by atoms with E-state index in [0.29, 0.717) is 25.7 Å². The Morgan fingerprint density at radius 2 is 1.97 bits per heavy atom. The highest BCUT2D eigenvalue weighted by Crippen LogP contribution is 2.35. The van der Waals surface area contributed by atoms with Crippen molar-refractivity contribution in [3.05, 3.63) is 69.1 Å². The van der Waals surface area contributed by atoms with Crippen LogP contribution < -0.4 is 16.1 Å². The quantitative estimate of drug-likeness (QED) is 0.639. The molecule has 1 aromatic carbocycles. The molecule has 2 aliphatic rings. The van der Waals surface area contributed by atoms with Crippen molar-refractivity contribution < 1.29 is 4.74 Å². The Labute approximate surface area is 186 Å². The number of aryl methyl sites for hydroxylation is 1. The molecule has 0 amide bonds. The number of hydrogen-bond donors (Lipinski definition) is 1. The van der Waals surface area contributed by atoms with Gasteiger partial charge in [0.25, 0.3) is 5.56 Å². The molecule has 2 atom stereocenters. The smallest absolute Gasteiger partial charge is 0.330 e. The highest BCUT2D eigenvalue weighted by molar-refractivity contribution is 5.93. The molecule has 0 saturated carbocycles. The molecule has 3 heterocycles. The molecule has 1 saturated heterocycles. The van der Waals surface area contributed by atoms with E-state index < -0.39 is 0 Å². The largest absolute Gasteiger partial charge is 0.378 e. The molecule has 1 aliphatic carbocycles. The van der Waals surface area contributed by atoms with Crippen molar-refractivity contribution in [2.75, 3.05) is 31.2 Å². The first-order valence-corrected chi connectivity index (χ1v) is 11.6. The third kappa shape index (κ3) is 3.50. The summed E-state index contributed by atoms with van der Waals surface area (Å²) in [5.41, 5.74) is 3.52. The van der Waals surface area contributed by atoms with Crippen LogP contribution in [0.15, 0.2) is 52.2 Å². The van der Waals surface area contributed by atoms with E-state index in [9.17, 15) is 9.59 Å². The van der Waals surface area contributed by atoms with E-state index in [1.54, 1.807) is 10.6 Å². The third-order valence-corrected chi connectivity index (χ3v) is 6.90. The summed E-state index contributed by atoms with van der Waals surface area (Å²) in [6.07, 6.45) is 8.38. The van der Waals surface area contributed by atoms with Crippen molar-refractivity contribution in [1.82, 2.24) is 14.1 Å². The van der Waals surface area contributed by atoms with Gasteiger partial charge in [0.1, 0.15) is 0 Å². The van der Waals surface area contributed by atoms with Crippen LogP contribution in [0.25, 0.3) is 16.6 Å². The molecule has 7 nitrogen and oxygen atoms in total. The average molecular weight is 435 g/mol. The molecule has 2 aromatic heterocycles. The molecular weight excluding hydrogens is 404 g/mol. The maximum atomic E-state index is 12.9. The van der Waals surface area contributed by atoms with Gasteiger partial charge in [-0.2, -0.15) is 0 Å². The summed E-state index contributed by atoms with van der Waals surface area (Å²) in [6, 6.07) is 7.73. The van der Waals surface area contributed by atoms with E-state index in [1.165, 1.54) is 0 Å². The Balaban J connectivity index is 1.70.